The number of nitrogens with zero attached hydrogens (tertiary/aromatic N) is 7. The molecule has 0 fully saturated rings. The van der Waals surface area contributed by atoms with E-state index in [1.54, 1.807) is 6.07 Å². The van der Waals surface area contributed by atoms with Crippen LogP contribution in [0.5, 0.6) is 5.75 Å². The van der Waals surface area contributed by atoms with Gasteiger partial charge in [-0.15, -0.1) is 5.10 Å². The number of ether oxygens (including phenoxy) is 1. The second kappa shape index (κ2) is 10.8. The minimum atomic E-state index is -0.191. The van der Waals surface area contributed by atoms with Gasteiger partial charge in [0.2, 0.25) is 0 Å². The topological polar surface area (TPSA) is 166 Å². The van der Waals surface area contributed by atoms with Gasteiger partial charge in [0.1, 0.15) is 24.0 Å². The first-order valence-corrected chi connectivity index (χ1v) is 13.5. The first-order chi connectivity index (χ1) is 19.9. The summed E-state index contributed by atoms with van der Waals surface area (Å²) in [5.41, 5.74) is 5.09. The number of aromatic nitrogens is 8. The van der Waals surface area contributed by atoms with Gasteiger partial charge in [0.25, 0.3) is 5.91 Å². The van der Waals surface area contributed by atoms with Gasteiger partial charge in [-0.1, -0.05) is 12.1 Å². The molecule has 4 heterocycles. The molecule has 13 nitrogen and oxygen atoms in total. The van der Waals surface area contributed by atoms with E-state index in [1.807, 2.05) is 59.8 Å². The van der Waals surface area contributed by atoms with Gasteiger partial charge in [-0.3, -0.25) is 10.2 Å². The highest BCUT2D eigenvalue weighted by molar-refractivity contribution is 5.97. The second-order valence-corrected chi connectivity index (χ2v) is 10.1. The predicted octanol–water partition coefficient (Wildman–Crippen LogP) is 2.79. The first-order valence-electron chi connectivity index (χ1n) is 13.5. The van der Waals surface area contributed by atoms with Crippen LogP contribution in [0.25, 0.3) is 22.4 Å². The largest absolute Gasteiger partial charge is 0.491 e. The Kier molecular flexibility index (Phi) is 6.91. The van der Waals surface area contributed by atoms with E-state index in [9.17, 15) is 4.79 Å². The standard InChI is InChI=1S/C28H31N11O2/c1-16(25-31-20-10-12-39(17(2)29)15-22(20)32-25)27-33-21-9-8-18(14-23(21)38(27)3)28(40)30-11-13-41-24-7-5-4-6-19(24)26-34-36-37-35-26/h4-9,14,16,29H,10-13,15H2,1-3H3,(H,30,40)(H,31,32)(H,34,35,36,37). The lowest BCUT2D eigenvalue weighted by Gasteiger charge is -2.26. The van der Waals surface area contributed by atoms with Gasteiger partial charge in [-0.25, -0.2) is 15.1 Å². The third-order valence-electron chi connectivity index (χ3n) is 7.44. The highest BCUT2D eigenvalue weighted by Crippen LogP contribution is 2.28. The Morgan fingerprint density at radius 3 is 2.88 bits per heavy atom. The fraction of sp³-hybridized carbons (Fsp3) is 0.321. The van der Waals surface area contributed by atoms with Gasteiger partial charge < -0.3 is 24.5 Å². The fourth-order valence-electron chi connectivity index (χ4n) is 5.15. The van der Waals surface area contributed by atoms with Crippen LogP contribution in [-0.2, 0) is 20.0 Å². The Morgan fingerprint density at radius 2 is 2.07 bits per heavy atom. The van der Waals surface area contributed by atoms with Gasteiger partial charge in [0, 0.05) is 31.3 Å². The molecule has 1 atom stereocenters. The predicted molar refractivity (Wildman–Crippen MR) is 152 cm³/mol. The molecule has 0 bridgehead atoms. The van der Waals surface area contributed by atoms with Crippen LogP contribution in [0, 0.1) is 5.41 Å². The molecular formula is C28H31N11O2. The van der Waals surface area contributed by atoms with E-state index in [1.165, 1.54) is 0 Å². The van der Waals surface area contributed by atoms with Crippen molar-refractivity contribution in [3.05, 3.63) is 71.1 Å². The van der Waals surface area contributed by atoms with E-state index in [2.05, 4.69) is 37.8 Å². The monoisotopic (exact) mass is 553 g/mol. The number of carbonyl (C=O) groups excluding carboxylic acids is 1. The highest BCUT2D eigenvalue weighted by atomic mass is 16.5. The Balaban J connectivity index is 1.12. The van der Waals surface area contributed by atoms with Crippen LogP contribution in [0.2, 0.25) is 0 Å². The van der Waals surface area contributed by atoms with Gasteiger partial charge >= 0.3 is 0 Å². The van der Waals surface area contributed by atoms with Crippen molar-refractivity contribution in [3.8, 4) is 17.1 Å². The van der Waals surface area contributed by atoms with Crippen molar-refractivity contribution in [2.24, 2.45) is 7.05 Å². The van der Waals surface area contributed by atoms with E-state index < -0.39 is 0 Å². The zero-order valence-corrected chi connectivity index (χ0v) is 23.1. The molecule has 41 heavy (non-hydrogen) atoms. The Morgan fingerprint density at radius 1 is 1.22 bits per heavy atom. The van der Waals surface area contributed by atoms with Crippen molar-refractivity contribution in [3.63, 3.8) is 0 Å². The van der Waals surface area contributed by atoms with E-state index >= 15 is 0 Å². The smallest absolute Gasteiger partial charge is 0.251 e. The molecular weight excluding hydrogens is 522 g/mol. The second-order valence-electron chi connectivity index (χ2n) is 10.1. The summed E-state index contributed by atoms with van der Waals surface area (Å²) in [7, 11) is 1.96. The van der Waals surface area contributed by atoms with Crippen molar-refractivity contribution in [1.82, 2.24) is 50.4 Å². The van der Waals surface area contributed by atoms with Crippen LogP contribution in [0.1, 0.15) is 53.2 Å². The summed E-state index contributed by atoms with van der Waals surface area (Å²) >= 11 is 0. The number of amidine groups is 1. The third kappa shape index (κ3) is 5.13. The number of carbonyl (C=O) groups is 1. The lowest BCUT2D eigenvalue weighted by Crippen LogP contribution is -2.33. The van der Waals surface area contributed by atoms with Crippen LogP contribution in [0.15, 0.2) is 42.5 Å². The zero-order chi connectivity index (χ0) is 28.5. The molecule has 2 aromatic carbocycles. The Labute approximate surface area is 235 Å². The molecule has 1 aliphatic heterocycles. The van der Waals surface area contributed by atoms with Crippen molar-refractivity contribution >= 4 is 22.8 Å². The van der Waals surface area contributed by atoms with E-state index in [0.717, 1.165) is 52.6 Å². The van der Waals surface area contributed by atoms with E-state index in [-0.39, 0.29) is 18.4 Å². The van der Waals surface area contributed by atoms with Gasteiger partial charge in [0.05, 0.1) is 47.1 Å². The normalized spacial score (nSPS) is 13.7. The van der Waals surface area contributed by atoms with Crippen LogP contribution in [0.4, 0.5) is 0 Å². The van der Waals surface area contributed by atoms with Crippen molar-refractivity contribution in [1.29, 1.82) is 5.41 Å². The first kappa shape index (κ1) is 26.2. The van der Waals surface area contributed by atoms with E-state index in [0.29, 0.717) is 36.1 Å². The summed E-state index contributed by atoms with van der Waals surface area (Å²) in [6.07, 6.45) is 0.836. The van der Waals surface area contributed by atoms with Gasteiger partial charge in [0.15, 0.2) is 5.82 Å². The number of tetrazole rings is 1. The zero-order valence-electron chi connectivity index (χ0n) is 23.1. The number of amides is 1. The lowest BCUT2D eigenvalue weighted by molar-refractivity contribution is 0.0947. The average molecular weight is 554 g/mol. The molecule has 4 N–H and O–H groups in total. The number of hydrogen-bond donors (Lipinski definition) is 4. The maximum atomic E-state index is 13.0. The number of hydrogen-bond acceptors (Lipinski definition) is 8. The molecule has 13 heteroatoms. The molecule has 0 aliphatic carbocycles. The number of aryl methyl sites for hydroxylation is 1. The minimum Gasteiger partial charge on any atom is -0.491 e. The minimum absolute atomic E-state index is 0.0717. The van der Waals surface area contributed by atoms with Crippen molar-refractivity contribution < 1.29 is 9.53 Å². The molecule has 6 rings (SSSR count). The molecule has 0 radical (unpaired) electrons. The molecule has 3 aromatic heterocycles. The summed E-state index contributed by atoms with van der Waals surface area (Å²) in [4.78, 5) is 28.2. The number of fused-ring (bicyclic) bond motifs is 2. The number of benzene rings is 2. The molecule has 0 saturated carbocycles. The molecule has 0 saturated heterocycles. The van der Waals surface area contributed by atoms with Gasteiger partial charge in [-0.05, 0) is 54.6 Å². The van der Waals surface area contributed by atoms with Crippen LogP contribution in [-0.4, -0.2) is 76.5 Å². The summed E-state index contributed by atoms with van der Waals surface area (Å²) in [6, 6.07) is 13.0. The number of nitrogens with one attached hydrogen (secondary N) is 4. The summed E-state index contributed by atoms with van der Waals surface area (Å²) in [6.45, 7) is 5.95. The SMILES string of the molecule is CC(=N)N1CCc2[nH]c(C(C)c3nc4ccc(C(=O)NCCOc5ccccc5-c5nnn[nH]5)cc4n3C)nc2C1. The third-order valence-corrected chi connectivity index (χ3v) is 7.44. The Hall–Kier alpha value is -5.07. The Bertz CT molecular complexity index is 1720. The number of para-hydroxylation sites is 1. The summed E-state index contributed by atoms with van der Waals surface area (Å²) < 4.78 is 7.91. The summed E-state index contributed by atoms with van der Waals surface area (Å²) in [5, 5.41) is 24.8. The van der Waals surface area contributed by atoms with Crippen LogP contribution >= 0.6 is 0 Å². The van der Waals surface area contributed by atoms with Crippen molar-refractivity contribution in [2.75, 3.05) is 19.7 Å². The van der Waals surface area contributed by atoms with E-state index in [4.69, 9.17) is 20.1 Å². The highest BCUT2D eigenvalue weighted by Gasteiger charge is 2.25. The number of imidazole rings is 2. The number of H-pyrrole nitrogens is 2. The van der Waals surface area contributed by atoms with Gasteiger partial charge in [-0.2, -0.15) is 0 Å². The van der Waals surface area contributed by atoms with Crippen LogP contribution < -0.4 is 10.1 Å². The fourth-order valence-corrected chi connectivity index (χ4v) is 5.15. The maximum absolute atomic E-state index is 13.0. The quantitative estimate of drug-likeness (QED) is 0.129. The lowest BCUT2D eigenvalue weighted by atomic mass is 10.1. The molecule has 210 valence electrons. The molecule has 5 aromatic rings. The number of rotatable bonds is 8. The molecule has 1 unspecified atom stereocenters. The molecule has 1 aliphatic rings. The van der Waals surface area contributed by atoms with Crippen molar-refractivity contribution in [2.45, 2.75) is 32.7 Å². The maximum Gasteiger partial charge on any atom is 0.251 e. The number of aromatic amines is 2. The molecule has 1 amide bonds. The summed E-state index contributed by atoms with van der Waals surface area (Å²) in [5.74, 6) is 3.15. The average Bonchev–Trinajstić information content (AvgIpc) is 3.74. The molecule has 0 spiro atoms. The van der Waals surface area contributed by atoms with Crippen LogP contribution in [0.3, 0.4) is 0 Å².